The van der Waals surface area contributed by atoms with Crippen LogP contribution in [0.1, 0.15) is 31.9 Å². The molecule has 146 valence electrons. The van der Waals surface area contributed by atoms with Crippen LogP contribution in [0.4, 0.5) is 0 Å². The molecule has 0 aliphatic carbocycles. The Labute approximate surface area is 161 Å². The van der Waals surface area contributed by atoms with Gasteiger partial charge in [0, 0.05) is 0 Å². The highest BCUT2D eigenvalue weighted by molar-refractivity contribution is 7.86. The number of hydrogen-bond donors (Lipinski definition) is 0. The van der Waals surface area contributed by atoms with E-state index in [4.69, 9.17) is 8.92 Å². The molecule has 0 bridgehead atoms. The van der Waals surface area contributed by atoms with Gasteiger partial charge in [-0.1, -0.05) is 48.0 Å². The molecule has 0 saturated heterocycles. The summed E-state index contributed by atoms with van der Waals surface area (Å²) in [6.45, 7) is 6.91. The molecule has 0 fully saturated rings. The molecule has 2 aromatic rings. The van der Waals surface area contributed by atoms with Gasteiger partial charge in [0.2, 0.25) is 0 Å². The Hall–Kier alpha value is -2.18. The molecule has 0 aromatic heterocycles. The Morgan fingerprint density at radius 2 is 1.59 bits per heavy atom. The van der Waals surface area contributed by atoms with Gasteiger partial charge in [-0.05, 0) is 51.8 Å². The van der Waals surface area contributed by atoms with E-state index in [-0.39, 0.29) is 11.5 Å². The summed E-state index contributed by atoms with van der Waals surface area (Å²) in [4.78, 5) is 12.6. The third kappa shape index (κ3) is 6.81. The average Bonchev–Trinajstić information content (AvgIpc) is 2.58. The molecular weight excluding hydrogens is 364 g/mol. The summed E-state index contributed by atoms with van der Waals surface area (Å²) in [5.41, 5.74) is 1.19. The maximum Gasteiger partial charge on any atom is 0.312 e. The number of rotatable bonds is 7. The number of benzene rings is 2. The minimum absolute atomic E-state index is 0.0655. The molecular formula is C21H26O5S. The molecule has 6 heteroatoms. The molecule has 0 radical (unpaired) electrons. The van der Waals surface area contributed by atoms with Gasteiger partial charge >= 0.3 is 5.97 Å². The van der Waals surface area contributed by atoms with Gasteiger partial charge in [-0.15, -0.1) is 0 Å². The molecule has 5 nitrogen and oxygen atoms in total. The standard InChI is InChI=1S/C21H26O5S/c1-16-10-12-19(13-11-16)27(23,24)25-15-18(20(22)26-21(2,3)4)14-17-8-6-5-7-9-17/h5-13,18H,14-15H2,1-4H3/t18-/m0/s1. The van der Waals surface area contributed by atoms with E-state index >= 15 is 0 Å². The summed E-state index contributed by atoms with van der Waals surface area (Å²) in [6, 6.07) is 15.8. The Morgan fingerprint density at radius 3 is 2.15 bits per heavy atom. The highest BCUT2D eigenvalue weighted by atomic mass is 32.2. The highest BCUT2D eigenvalue weighted by Crippen LogP contribution is 2.19. The summed E-state index contributed by atoms with van der Waals surface area (Å²) in [7, 11) is -3.95. The fourth-order valence-electron chi connectivity index (χ4n) is 2.44. The van der Waals surface area contributed by atoms with Crippen LogP contribution in [0.15, 0.2) is 59.5 Å². The number of carbonyl (C=O) groups excluding carboxylic acids is 1. The Balaban J connectivity index is 2.15. The van der Waals surface area contributed by atoms with Crippen LogP contribution in [0.2, 0.25) is 0 Å². The summed E-state index contributed by atoms with van der Waals surface area (Å²) in [5, 5.41) is 0. The fraction of sp³-hybridized carbons (Fsp3) is 0.381. The van der Waals surface area contributed by atoms with E-state index in [2.05, 4.69) is 0 Å². The molecule has 2 rings (SSSR count). The van der Waals surface area contributed by atoms with Crippen LogP contribution in [0.3, 0.4) is 0 Å². The Morgan fingerprint density at radius 1 is 1.00 bits per heavy atom. The maximum absolute atomic E-state index is 12.6. The number of esters is 1. The number of carbonyl (C=O) groups is 1. The molecule has 0 aliphatic heterocycles. The Bertz CT molecular complexity index is 850. The van der Waals surface area contributed by atoms with Crippen molar-refractivity contribution in [2.75, 3.05) is 6.61 Å². The normalized spacial score (nSPS) is 13.2. The van der Waals surface area contributed by atoms with Crippen LogP contribution >= 0.6 is 0 Å². The predicted octanol–water partition coefficient (Wildman–Crippen LogP) is 3.90. The lowest BCUT2D eigenvalue weighted by molar-refractivity contribution is -0.160. The van der Waals surface area contributed by atoms with Gasteiger partial charge < -0.3 is 4.74 Å². The van der Waals surface area contributed by atoms with Crippen molar-refractivity contribution in [2.45, 2.75) is 44.6 Å². The summed E-state index contributed by atoms with van der Waals surface area (Å²) in [6.07, 6.45) is 0.333. The van der Waals surface area contributed by atoms with Gasteiger partial charge in [0.1, 0.15) is 5.60 Å². The third-order valence-electron chi connectivity index (χ3n) is 3.80. The van der Waals surface area contributed by atoms with Crippen LogP contribution in [0.5, 0.6) is 0 Å². The molecule has 0 saturated carbocycles. The first-order valence-electron chi connectivity index (χ1n) is 8.80. The number of hydrogen-bond acceptors (Lipinski definition) is 5. The van der Waals surface area contributed by atoms with Crippen molar-refractivity contribution in [1.29, 1.82) is 0 Å². The second-order valence-electron chi connectivity index (χ2n) is 7.47. The summed E-state index contributed by atoms with van der Waals surface area (Å²) >= 11 is 0. The van der Waals surface area contributed by atoms with Gasteiger partial charge in [-0.25, -0.2) is 0 Å². The topological polar surface area (TPSA) is 69.7 Å². The SMILES string of the molecule is Cc1ccc(S(=O)(=O)OC[C@H](Cc2ccccc2)C(=O)OC(C)(C)C)cc1. The molecule has 0 amide bonds. The van der Waals surface area contributed by atoms with Gasteiger partial charge in [0.25, 0.3) is 10.1 Å². The second-order valence-corrected chi connectivity index (χ2v) is 9.09. The first kappa shape index (κ1) is 21.1. The molecule has 0 N–H and O–H groups in total. The lowest BCUT2D eigenvalue weighted by atomic mass is 10.00. The predicted molar refractivity (Wildman–Crippen MR) is 104 cm³/mol. The largest absolute Gasteiger partial charge is 0.460 e. The zero-order chi connectivity index (χ0) is 20.1. The Kier molecular flexibility index (Phi) is 6.78. The van der Waals surface area contributed by atoms with Crippen molar-refractivity contribution in [2.24, 2.45) is 5.92 Å². The van der Waals surface area contributed by atoms with E-state index < -0.39 is 27.6 Å². The van der Waals surface area contributed by atoms with Gasteiger partial charge in [0.15, 0.2) is 0 Å². The summed E-state index contributed by atoms with van der Waals surface area (Å²) in [5.74, 6) is -1.21. The fourth-order valence-corrected chi connectivity index (χ4v) is 3.39. The van der Waals surface area contributed by atoms with E-state index in [9.17, 15) is 13.2 Å². The molecule has 1 atom stereocenters. The third-order valence-corrected chi connectivity index (χ3v) is 5.09. The number of aryl methyl sites for hydroxylation is 1. The van der Waals surface area contributed by atoms with E-state index in [1.807, 2.05) is 37.3 Å². The van der Waals surface area contributed by atoms with E-state index in [0.29, 0.717) is 6.42 Å². The molecule has 2 aromatic carbocycles. The van der Waals surface area contributed by atoms with Crippen molar-refractivity contribution < 1.29 is 22.1 Å². The van der Waals surface area contributed by atoms with Crippen molar-refractivity contribution in [3.05, 3.63) is 65.7 Å². The number of ether oxygens (including phenoxy) is 1. The van der Waals surface area contributed by atoms with Crippen molar-refractivity contribution in [3.8, 4) is 0 Å². The smallest absolute Gasteiger partial charge is 0.312 e. The summed E-state index contributed by atoms with van der Waals surface area (Å²) < 4.78 is 35.5. The molecule has 0 aliphatic rings. The van der Waals surface area contributed by atoms with E-state index in [0.717, 1.165) is 11.1 Å². The van der Waals surface area contributed by atoms with E-state index in [1.165, 1.54) is 12.1 Å². The quantitative estimate of drug-likeness (QED) is 0.530. The monoisotopic (exact) mass is 390 g/mol. The van der Waals surface area contributed by atoms with Gasteiger partial charge in [-0.3, -0.25) is 8.98 Å². The molecule has 0 heterocycles. The van der Waals surface area contributed by atoms with Crippen molar-refractivity contribution >= 4 is 16.1 Å². The maximum atomic E-state index is 12.6. The van der Waals surface area contributed by atoms with Crippen LogP contribution in [-0.2, 0) is 30.3 Å². The second kappa shape index (κ2) is 8.67. The zero-order valence-corrected chi connectivity index (χ0v) is 17.0. The zero-order valence-electron chi connectivity index (χ0n) is 16.1. The van der Waals surface area contributed by atoms with Crippen LogP contribution < -0.4 is 0 Å². The lowest BCUT2D eigenvalue weighted by Gasteiger charge is -2.24. The first-order valence-corrected chi connectivity index (χ1v) is 10.2. The minimum Gasteiger partial charge on any atom is -0.460 e. The molecule has 0 unspecified atom stereocenters. The molecule has 0 spiro atoms. The van der Waals surface area contributed by atoms with E-state index in [1.54, 1.807) is 32.9 Å². The van der Waals surface area contributed by atoms with Crippen LogP contribution in [0.25, 0.3) is 0 Å². The van der Waals surface area contributed by atoms with Gasteiger partial charge in [0.05, 0.1) is 17.4 Å². The highest BCUT2D eigenvalue weighted by Gasteiger charge is 2.28. The minimum atomic E-state index is -3.95. The van der Waals surface area contributed by atoms with Crippen molar-refractivity contribution in [1.82, 2.24) is 0 Å². The van der Waals surface area contributed by atoms with Crippen LogP contribution in [0, 0.1) is 12.8 Å². The lowest BCUT2D eigenvalue weighted by Crippen LogP contribution is -2.32. The molecule has 27 heavy (non-hydrogen) atoms. The van der Waals surface area contributed by atoms with Gasteiger partial charge in [-0.2, -0.15) is 8.42 Å². The van der Waals surface area contributed by atoms with Crippen molar-refractivity contribution in [3.63, 3.8) is 0 Å². The van der Waals surface area contributed by atoms with Crippen LogP contribution in [-0.4, -0.2) is 26.6 Å². The first-order chi connectivity index (χ1) is 12.6. The average molecular weight is 391 g/mol.